The second-order valence-electron chi connectivity index (χ2n) is 9.99. The number of halogens is 1. The Hall–Kier alpha value is -4.13. The molecule has 13 heteroatoms. The number of carbonyl (C=O) groups excluding carboxylic acids is 3. The van der Waals surface area contributed by atoms with Crippen LogP contribution in [0.25, 0.3) is 0 Å². The Morgan fingerprint density at radius 3 is 2.27 bits per heavy atom. The molecule has 236 valence electrons. The number of carbonyl (C=O) groups is 3. The fourth-order valence-electron chi connectivity index (χ4n) is 4.37. The summed E-state index contributed by atoms with van der Waals surface area (Å²) in [6.07, 6.45) is 1.40. The Balaban J connectivity index is 1.63. The molecule has 0 aromatic heterocycles. The van der Waals surface area contributed by atoms with E-state index in [0.717, 1.165) is 10.5 Å². The third kappa shape index (κ3) is 7.94. The van der Waals surface area contributed by atoms with E-state index in [0.29, 0.717) is 33.2 Å². The van der Waals surface area contributed by atoms with Crippen LogP contribution in [-0.4, -0.2) is 74.9 Å². The standard InChI is InChI=1S/C32H31ClN2O8S2/c1-20-5-15-26(16-6-20)45(39,40)44-30-27(34-18-22-7-11-24(12-8-22)31(37)42-4)29(36)35(30)28(21(2)17-33)32(38)43-19-23-9-13-25(41-3)14-10-23/h5-16,18,27-28,30H,2,17,19H2,1,3-4H3. The van der Waals surface area contributed by atoms with Crippen molar-refractivity contribution in [2.24, 2.45) is 4.99 Å². The largest absolute Gasteiger partial charge is 0.497 e. The van der Waals surface area contributed by atoms with Gasteiger partial charge in [-0.2, -0.15) is 0 Å². The third-order valence-corrected chi connectivity index (χ3v) is 11.0. The molecule has 3 aromatic carbocycles. The van der Waals surface area contributed by atoms with Crippen LogP contribution in [0.15, 0.2) is 94.8 Å². The third-order valence-electron chi connectivity index (χ3n) is 6.90. The quantitative estimate of drug-likeness (QED) is 0.0630. The summed E-state index contributed by atoms with van der Waals surface area (Å²) in [5, 5.41) is -1.12. The number of ether oxygens (including phenoxy) is 3. The van der Waals surface area contributed by atoms with Gasteiger partial charge in [0.2, 0.25) is 8.87 Å². The second-order valence-corrected chi connectivity index (χ2v) is 14.2. The Labute approximate surface area is 270 Å². The van der Waals surface area contributed by atoms with Crippen LogP contribution in [-0.2, 0) is 34.5 Å². The highest BCUT2D eigenvalue weighted by Gasteiger charge is 2.55. The lowest BCUT2D eigenvalue weighted by Gasteiger charge is -2.47. The minimum absolute atomic E-state index is 0.0355. The summed E-state index contributed by atoms with van der Waals surface area (Å²) in [5.41, 5.74) is 2.58. The summed E-state index contributed by atoms with van der Waals surface area (Å²) in [7, 11) is -0.702. The van der Waals surface area contributed by atoms with Crippen molar-refractivity contribution in [3.05, 3.63) is 107 Å². The van der Waals surface area contributed by atoms with Gasteiger partial charge < -0.3 is 19.1 Å². The molecule has 1 aliphatic heterocycles. The summed E-state index contributed by atoms with van der Waals surface area (Å²) in [5.74, 6) is -1.49. The Morgan fingerprint density at radius 1 is 1.04 bits per heavy atom. The number of benzene rings is 3. The van der Waals surface area contributed by atoms with Crippen molar-refractivity contribution in [2.75, 3.05) is 20.1 Å². The lowest BCUT2D eigenvalue weighted by Crippen LogP contribution is -2.68. The number of aliphatic imine (C=N–C) groups is 1. The van der Waals surface area contributed by atoms with Crippen molar-refractivity contribution < 1.29 is 37.0 Å². The first-order valence-corrected chi connectivity index (χ1v) is 17.0. The smallest absolute Gasteiger partial charge is 0.337 e. The minimum atomic E-state index is -4.01. The van der Waals surface area contributed by atoms with Crippen LogP contribution in [0, 0.1) is 6.92 Å². The predicted molar refractivity (Wildman–Crippen MR) is 172 cm³/mol. The molecule has 0 bridgehead atoms. The average molecular weight is 671 g/mol. The van der Waals surface area contributed by atoms with Gasteiger partial charge in [0, 0.05) is 22.9 Å². The van der Waals surface area contributed by atoms with E-state index in [1.54, 1.807) is 48.5 Å². The Bertz CT molecular complexity index is 1690. The molecule has 1 fully saturated rings. The summed E-state index contributed by atoms with van der Waals surface area (Å²) >= 11 is 6.08. The molecule has 1 saturated heterocycles. The van der Waals surface area contributed by atoms with Gasteiger partial charge in [0.15, 0.2) is 12.1 Å². The zero-order valence-corrected chi connectivity index (χ0v) is 27.1. The number of esters is 2. The first kappa shape index (κ1) is 33.8. The van der Waals surface area contributed by atoms with Crippen molar-refractivity contribution in [1.29, 1.82) is 0 Å². The van der Waals surface area contributed by atoms with Crippen molar-refractivity contribution >= 4 is 55.3 Å². The van der Waals surface area contributed by atoms with Gasteiger partial charge in [0.25, 0.3) is 5.91 Å². The summed E-state index contributed by atoms with van der Waals surface area (Å²) in [4.78, 5) is 44.3. The van der Waals surface area contributed by atoms with E-state index in [1.807, 2.05) is 6.92 Å². The number of likely N-dealkylation sites (tertiary alicyclic amines) is 1. The van der Waals surface area contributed by atoms with Gasteiger partial charge in [-0.3, -0.25) is 9.79 Å². The zero-order chi connectivity index (χ0) is 32.7. The number of methoxy groups -OCH3 is 2. The van der Waals surface area contributed by atoms with Crippen LogP contribution in [0.3, 0.4) is 0 Å². The van der Waals surface area contributed by atoms with Crippen LogP contribution >= 0.6 is 22.4 Å². The van der Waals surface area contributed by atoms with Gasteiger partial charge in [-0.05, 0) is 60.0 Å². The van der Waals surface area contributed by atoms with Crippen LogP contribution in [0.1, 0.15) is 27.0 Å². The van der Waals surface area contributed by atoms with Gasteiger partial charge in [-0.15, -0.1) is 11.6 Å². The molecule has 0 aliphatic carbocycles. The molecule has 3 atom stereocenters. The number of aryl methyl sites for hydroxylation is 1. The molecule has 3 unspecified atom stereocenters. The highest BCUT2D eigenvalue weighted by atomic mass is 35.5. The van der Waals surface area contributed by atoms with E-state index in [-0.39, 0.29) is 23.0 Å². The lowest BCUT2D eigenvalue weighted by atomic mass is 9.99. The number of β-lactam (4-membered cyclic amide) rings is 1. The van der Waals surface area contributed by atoms with Crippen LogP contribution in [0.4, 0.5) is 0 Å². The molecular formula is C32H31ClN2O8S2. The van der Waals surface area contributed by atoms with Gasteiger partial charge in [0.05, 0.1) is 24.7 Å². The van der Waals surface area contributed by atoms with E-state index in [1.165, 1.54) is 44.7 Å². The predicted octanol–water partition coefficient (Wildman–Crippen LogP) is 4.78. The second kappa shape index (κ2) is 14.8. The number of alkyl halides is 1. The van der Waals surface area contributed by atoms with Gasteiger partial charge in [-0.25, -0.2) is 18.0 Å². The first-order valence-electron chi connectivity index (χ1n) is 13.6. The van der Waals surface area contributed by atoms with Crippen LogP contribution < -0.4 is 4.74 Å². The van der Waals surface area contributed by atoms with E-state index < -0.39 is 44.2 Å². The molecule has 3 aromatic rings. The number of hydrogen-bond acceptors (Lipinski definition) is 10. The average Bonchev–Trinajstić information content (AvgIpc) is 3.05. The molecule has 45 heavy (non-hydrogen) atoms. The van der Waals surface area contributed by atoms with Crippen molar-refractivity contribution in [3.63, 3.8) is 0 Å². The van der Waals surface area contributed by atoms with E-state index in [9.17, 15) is 22.8 Å². The minimum Gasteiger partial charge on any atom is -0.497 e. The molecule has 1 aliphatic rings. The highest BCUT2D eigenvalue weighted by Crippen LogP contribution is 2.41. The molecule has 0 spiro atoms. The molecule has 10 nitrogen and oxygen atoms in total. The molecule has 4 rings (SSSR count). The van der Waals surface area contributed by atoms with Crippen molar-refractivity contribution in [2.45, 2.75) is 35.9 Å². The van der Waals surface area contributed by atoms with Crippen molar-refractivity contribution in [1.82, 2.24) is 4.90 Å². The van der Waals surface area contributed by atoms with Gasteiger partial charge >= 0.3 is 11.9 Å². The number of rotatable bonds is 13. The molecule has 1 heterocycles. The van der Waals surface area contributed by atoms with Crippen LogP contribution in [0.2, 0.25) is 0 Å². The van der Waals surface area contributed by atoms with Crippen LogP contribution in [0.5, 0.6) is 5.75 Å². The maximum Gasteiger partial charge on any atom is 0.337 e. The first-order chi connectivity index (χ1) is 21.5. The molecule has 0 N–H and O–H groups in total. The molecule has 0 saturated carbocycles. The fourth-order valence-corrected chi connectivity index (χ4v) is 8.00. The van der Waals surface area contributed by atoms with E-state index in [2.05, 4.69) is 11.6 Å². The van der Waals surface area contributed by atoms with Crippen molar-refractivity contribution in [3.8, 4) is 5.75 Å². The van der Waals surface area contributed by atoms with Gasteiger partial charge in [0.1, 0.15) is 17.7 Å². The summed E-state index contributed by atoms with van der Waals surface area (Å²) in [6.45, 7) is 5.60. The monoisotopic (exact) mass is 670 g/mol. The fraction of sp³-hybridized carbons (Fsp3) is 0.250. The molecule has 0 radical (unpaired) electrons. The Kier molecular flexibility index (Phi) is 11.1. The summed E-state index contributed by atoms with van der Waals surface area (Å²) in [6, 6.07) is 16.9. The van der Waals surface area contributed by atoms with Gasteiger partial charge in [-0.1, -0.05) is 48.5 Å². The molecule has 1 amide bonds. The maximum absolute atomic E-state index is 13.6. The normalized spacial score (nSPS) is 17.0. The Morgan fingerprint density at radius 2 is 1.69 bits per heavy atom. The summed E-state index contributed by atoms with van der Waals surface area (Å²) < 4.78 is 42.4. The zero-order valence-electron chi connectivity index (χ0n) is 24.7. The number of hydrogen-bond donors (Lipinski definition) is 0. The SMILES string of the molecule is C=C(CCl)C(C(=O)OCc1ccc(OC)cc1)N1C(=O)C(N=Cc2ccc(C(=O)OC)cc2)C1SS(=O)(=O)c1ccc(C)cc1. The topological polar surface area (TPSA) is 129 Å². The number of nitrogens with zero attached hydrogens (tertiary/aromatic N) is 2. The maximum atomic E-state index is 13.6. The van der Waals surface area contributed by atoms with E-state index in [4.69, 9.17) is 25.8 Å². The highest BCUT2D eigenvalue weighted by molar-refractivity contribution is 8.72. The molecular weight excluding hydrogens is 640 g/mol. The van der Waals surface area contributed by atoms with E-state index >= 15 is 0 Å². The lowest BCUT2D eigenvalue weighted by molar-refractivity contribution is -0.161. The number of amides is 1.